The van der Waals surface area contributed by atoms with E-state index in [1.165, 1.54) is 13.0 Å². The number of benzene rings is 1. The average molecular weight is 268 g/mol. The summed E-state index contributed by atoms with van der Waals surface area (Å²) < 4.78 is 27.3. The Balaban J connectivity index is 2.09. The summed E-state index contributed by atoms with van der Waals surface area (Å²) in [5, 5.41) is 5.57. The second-order valence-corrected chi connectivity index (χ2v) is 5.13. The van der Waals surface area contributed by atoms with Crippen LogP contribution < -0.4 is 10.6 Å². The van der Waals surface area contributed by atoms with Gasteiger partial charge >= 0.3 is 0 Å². The van der Waals surface area contributed by atoms with E-state index in [9.17, 15) is 13.6 Å². The van der Waals surface area contributed by atoms with Crippen molar-refractivity contribution in [2.75, 3.05) is 11.9 Å². The van der Waals surface area contributed by atoms with Crippen LogP contribution >= 0.6 is 0 Å². The summed E-state index contributed by atoms with van der Waals surface area (Å²) in [4.78, 5) is 12.0. The average Bonchev–Trinajstić information content (AvgIpc) is 2.40. The molecule has 2 unspecified atom stereocenters. The van der Waals surface area contributed by atoms with Crippen molar-refractivity contribution >= 4 is 11.6 Å². The molecule has 1 aliphatic heterocycles. The van der Waals surface area contributed by atoms with Crippen molar-refractivity contribution in [3.63, 3.8) is 0 Å². The molecular weight excluding hydrogens is 250 g/mol. The van der Waals surface area contributed by atoms with Gasteiger partial charge in [0, 0.05) is 12.6 Å². The number of halogens is 2. The zero-order valence-corrected chi connectivity index (χ0v) is 11.1. The van der Waals surface area contributed by atoms with Gasteiger partial charge < -0.3 is 10.6 Å². The van der Waals surface area contributed by atoms with Crippen LogP contribution in [0, 0.1) is 24.5 Å². The molecule has 0 aromatic heterocycles. The molecule has 1 aliphatic rings. The highest BCUT2D eigenvalue weighted by Gasteiger charge is 2.25. The molecule has 1 aromatic carbocycles. The van der Waals surface area contributed by atoms with Crippen LogP contribution in [0.2, 0.25) is 0 Å². The highest BCUT2D eigenvalue weighted by Crippen LogP contribution is 2.23. The summed E-state index contributed by atoms with van der Waals surface area (Å²) in [6, 6.07) is 2.90. The zero-order chi connectivity index (χ0) is 14.0. The fraction of sp³-hybridized carbons (Fsp3) is 0.500. The number of rotatable bonds is 2. The van der Waals surface area contributed by atoms with Crippen LogP contribution in [0.3, 0.4) is 0 Å². The van der Waals surface area contributed by atoms with Crippen LogP contribution in [0.1, 0.15) is 25.3 Å². The van der Waals surface area contributed by atoms with Gasteiger partial charge in [-0.3, -0.25) is 4.79 Å². The van der Waals surface area contributed by atoms with Crippen molar-refractivity contribution in [2.24, 2.45) is 5.92 Å². The van der Waals surface area contributed by atoms with Crippen LogP contribution in [0.25, 0.3) is 0 Å². The third kappa shape index (κ3) is 3.10. The quantitative estimate of drug-likeness (QED) is 0.865. The summed E-state index contributed by atoms with van der Waals surface area (Å²) in [5.41, 5.74) is -0.0317. The third-order valence-electron chi connectivity index (χ3n) is 3.56. The lowest BCUT2D eigenvalue weighted by atomic mass is 9.94. The molecular formula is C14H18F2N2O. The number of carbonyl (C=O) groups is 1. The van der Waals surface area contributed by atoms with Gasteiger partial charge in [0.2, 0.25) is 5.91 Å². The lowest BCUT2D eigenvalue weighted by Crippen LogP contribution is -2.42. The Morgan fingerprint density at radius 2 is 2.11 bits per heavy atom. The lowest BCUT2D eigenvalue weighted by Gasteiger charge is -2.26. The Morgan fingerprint density at radius 3 is 2.74 bits per heavy atom. The van der Waals surface area contributed by atoms with Gasteiger partial charge in [-0.1, -0.05) is 6.07 Å². The second-order valence-electron chi connectivity index (χ2n) is 5.13. The number of nitrogens with one attached hydrogen (secondary N) is 2. The van der Waals surface area contributed by atoms with Crippen molar-refractivity contribution in [1.29, 1.82) is 0 Å². The first-order valence-electron chi connectivity index (χ1n) is 6.48. The molecule has 104 valence electrons. The van der Waals surface area contributed by atoms with Crippen molar-refractivity contribution in [1.82, 2.24) is 5.32 Å². The molecule has 0 radical (unpaired) electrons. The molecule has 2 atom stereocenters. The van der Waals surface area contributed by atoms with E-state index in [4.69, 9.17) is 0 Å². The van der Waals surface area contributed by atoms with Crippen LogP contribution in [-0.2, 0) is 4.79 Å². The lowest BCUT2D eigenvalue weighted by molar-refractivity contribution is -0.120. The third-order valence-corrected chi connectivity index (χ3v) is 3.56. The molecule has 0 aliphatic carbocycles. The number of carbonyl (C=O) groups excluding carboxylic acids is 1. The number of piperidine rings is 1. The second kappa shape index (κ2) is 5.65. The molecule has 5 heteroatoms. The molecule has 19 heavy (non-hydrogen) atoms. The van der Waals surface area contributed by atoms with Gasteiger partial charge in [0.25, 0.3) is 0 Å². The summed E-state index contributed by atoms with van der Waals surface area (Å²) in [7, 11) is 0. The van der Waals surface area contributed by atoms with Crippen LogP contribution in [0.4, 0.5) is 14.5 Å². The minimum Gasteiger partial charge on any atom is -0.321 e. The van der Waals surface area contributed by atoms with E-state index < -0.39 is 11.6 Å². The Morgan fingerprint density at radius 1 is 1.37 bits per heavy atom. The molecule has 1 saturated heterocycles. The fourth-order valence-corrected chi connectivity index (χ4v) is 2.22. The van der Waals surface area contributed by atoms with Gasteiger partial charge in [-0.2, -0.15) is 0 Å². The molecule has 2 rings (SSSR count). The zero-order valence-electron chi connectivity index (χ0n) is 11.1. The molecule has 0 saturated carbocycles. The Labute approximate surface area is 111 Å². The highest BCUT2D eigenvalue weighted by atomic mass is 19.1. The van der Waals surface area contributed by atoms with Crippen molar-refractivity contribution in [2.45, 2.75) is 32.7 Å². The first-order valence-corrected chi connectivity index (χ1v) is 6.48. The number of amides is 1. The summed E-state index contributed by atoms with van der Waals surface area (Å²) in [6.07, 6.45) is 1.62. The van der Waals surface area contributed by atoms with Gasteiger partial charge in [-0.05, 0) is 38.3 Å². The molecule has 1 heterocycles. The normalized spacial score (nSPS) is 23.2. The molecule has 3 nitrogen and oxygen atoms in total. The van der Waals surface area contributed by atoms with E-state index >= 15 is 0 Å². The van der Waals surface area contributed by atoms with Crippen LogP contribution in [-0.4, -0.2) is 18.5 Å². The molecule has 1 aromatic rings. The highest BCUT2D eigenvalue weighted by molar-refractivity contribution is 5.93. The van der Waals surface area contributed by atoms with Gasteiger partial charge in [0.15, 0.2) is 5.82 Å². The van der Waals surface area contributed by atoms with E-state index in [0.717, 1.165) is 18.9 Å². The van der Waals surface area contributed by atoms with Gasteiger partial charge in [-0.25, -0.2) is 8.78 Å². The smallest absolute Gasteiger partial charge is 0.228 e. The van der Waals surface area contributed by atoms with Crippen LogP contribution in [0.5, 0.6) is 0 Å². The monoisotopic (exact) mass is 268 g/mol. The number of hydrogen-bond donors (Lipinski definition) is 2. The summed E-state index contributed by atoms with van der Waals surface area (Å²) in [5.74, 6) is -2.02. The van der Waals surface area contributed by atoms with Gasteiger partial charge in [0.05, 0.1) is 5.92 Å². The first-order chi connectivity index (χ1) is 8.99. The number of hydrogen-bond acceptors (Lipinski definition) is 2. The van der Waals surface area contributed by atoms with Crippen molar-refractivity contribution in [3.05, 3.63) is 29.3 Å². The van der Waals surface area contributed by atoms with E-state index in [1.54, 1.807) is 0 Å². The van der Waals surface area contributed by atoms with Gasteiger partial charge in [-0.15, -0.1) is 0 Å². The van der Waals surface area contributed by atoms with Crippen molar-refractivity contribution < 1.29 is 13.6 Å². The Hall–Kier alpha value is -1.49. The Bertz CT molecular complexity index is 483. The molecule has 0 bridgehead atoms. The minimum atomic E-state index is -0.742. The first kappa shape index (κ1) is 13.9. The van der Waals surface area contributed by atoms with E-state index in [2.05, 4.69) is 10.6 Å². The fourth-order valence-electron chi connectivity index (χ4n) is 2.22. The topological polar surface area (TPSA) is 41.1 Å². The molecule has 0 spiro atoms. The summed E-state index contributed by atoms with van der Waals surface area (Å²) >= 11 is 0. The molecule has 2 N–H and O–H groups in total. The molecule has 1 fully saturated rings. The Kier molecular flexibility index (Phi) is 4.14. The SMILES string of the molecule is Cc1ccc(F)c(NC(=O)C2CCC(C)NC2)c1F. The number of anilines is 1. The standard InChI is InChI=1S/C14H18F2N2O/c1-8-3-6-11(15)13(12(8)16)18-14(19)10-5-4-9(2)17-7-10/h3,6,9-10,17H,4-5,7H2,1-2H3,(H,18,19). The predicted octanol–water partition coefficient (Wildman–Crippen LogP) is 2.60. The van der Waals surface area contributed by atoms with E-state index in [-0.39, 0.29) is 17.5 Å². The van der Waals surface area contributed by atoms with E-state index in [0.29, 0.717) is 18.2 Å². The predicted molar refractivity (Wildman–Crippen MR) is 69.9 cm³/mol. The van der Waals surface area contributed by atoms with Crippen LogP contribution in [0.15, 0.2) is 12.1 Å². The maximum absolute atomic E-state index is 13.8. The van der Waals surface area contributed by atoms with E-state index in [1.807, 2.05) is 6.92 Å². The maximum Gasteiger partial charge on any atom is 0.228 e. The summed E-state index contributed by atoms with van der Waals surface area (Å²) in [6.45, 7) is 4.13. The van der Waals surface area contributed by atoms with Gasteiger partial charge in [0.1, 0.15) is 11.5 Å². The largest absolute Gasteiger partial charge is 0.321 e. The molecule has 1 amide bonds. The number of aryl methyl sites for hydroxylation is 1. The minimum absolute atomic E-state index is 0.240. The van der Waals surface area contributed by atoms with Crippen molar-refractivity contribution in [3.8, 4) is 0 Å². The maximum atomic E-state index is 13.8.